The van der Waals surface area contributed by atoms with Crippen molar-refractivity contribution in [2.24, 2.45) is 5.92 Å². The van der Waals surface area contributed by atoms with Crippen molar-refractivity contribution in [3.8, 4) is 0 Å². The van der Waals surface area contributed by atoms with Gasteiger partial charge in [-0.15, -0.1) is 11.3 Å². The van der Waals surface area contributed by atoms with E-state index < -0.39 is 0 Å². The Labute approximate surface area is 196 Å². The summed E-state index contributed by atoms with van der Waals surface area (Å²) in [6, 6.07) is 13.0. The van der Waals surface area contributed by atoms with Crippen LogP contribution >= 0.6 is 11.3 Å². The molecule has 0 saturated carbocycles. The molecule has 4 heterocycles. The highest BCUT2D eigenvalue weighted by Crippen LogP contribution is 2.34. The molecule has 1 fully saturated rings. The van der Waals surface area contributed by atoms with Gasteiger partial charge < -0.3 is 10.2 Å². The molecule has 1 atom stereocenters. The number of nitrogens with one attached hydrogen (secondary N) is 1. The average Bonchev–Trinajstić information content (AvgIpc) is 3.46. The maximum absolute atomic E-state index is 13.3. The molecule has 168 valence electrons. The number of imide groups is 1. The van der Waals surface area contributed by atoms with E-state index in [4.69, 9.17) is 0 Å². The smallest absolute Gasteiger partial charge is 0.263 e. The summed E-state index contributed by atoms with van der Waals surface area (Å²) in [5, 5.41) is 5.04. The molecule has 3 aromatic rings. The number of rotatable bonds is 6. The van der Waals surface area contributed by atoms with E-state index in [2.05, 4.69) is 15.2 Å². The molecule has 33 heavy (non-hydrogen) atoms. The molecule has 1 N–H and O–H groups in total. The number of aromatic nitrogens is 1. The first kappa shape index (κ1) is 21.3. The number of hydrogen-bond donors (Lipinski definition) is 1. The van der Waals surface area contributed by atoms with E-state index >= 15 is 0 Å². The maximum Gasteiger partial charge on any atom is 0.263 e. The van der Waals surface area contributed by atoms with Gasteiger partial charge in [-0.3, -0.25) is 24.3 Å². The lowest BCUT2D eigenvalue weighted by atomic mass is 9.95. The highest BCUT2D eigenvalue weighted by atomic mass is 32.1. The van der Waals surface area contributed by atoms with Gasteiger partial charge in [0.25, 0.3) is 11.8 Å². The summed E-state index contributed by atoms with van der Waals surface area (Å²) >= 11 is 1.62. The van der Waals surface area contributed by atoms with Crippen LogP contribution in [0.15, 0.2) is 60.2 Å². The van der Waals surface area contributed by atoms with Gasteiger partial charge in [0.1, 0.15) is 0 Å². The number of anilines is 1. The van der Waals surface area contributed by atoms with E-state index in [1.807, 2.05) is 29.6 Å². The number of benzene rings is 1. The van der Waals surface area contributed by atoms with Crippen LogP contribution in [-0.4, -0.2) is 40.7 Å². The van der Waals surface area contributed by atoms with Crippen LogP contribution in [0.2, 0.25) is 0 Å². The molecule has 7 nitrogen and oxygen atoms in total. The molecule has 0 aliphatic carbocycles. The molecule has 5 rings (SSSR count). The van der Waals surface area contributed by atoms with Crippen LogP contribution < -0.4 is 10.2 Å². The Kier molecular flexibility index (Phi) is 5.92. The minimum Gasteiger partial charge on any atom is -0.370 e. The number of pyridine rings is 1. The Morgan fingerprint density at radius 3 is 2.73 bits per heavy atom. The van der Waals surface area contributed by atoms with E-state index in [0.29, 0.717) is 24.2 Å². The summed E-state index contributed by atoms with van der Waals surface area (Å²) in [6.07, 6.45) is 4.96. The quantitative estimate of drug-likeness (QED) is 0.570. The Bertz CT molecular complexity index is 1180. The highest BCUT2D eigenvalue weighted by molar-refractivity contribution is 7.09. The molecular weight excluding hydrogens is 436 g/mol. The fraction of sp³-hybridized carbons (Fsp3) is 0.280. The zero-order valence-electron chi connectivity index (χ0n) is 18.1. The number of nitrogens with zero attached hydrogens (tertiary/aromatic N) is 3. The standard InChI is InChI=1S/C25H24N4O3S/c30-23(27-14-19-5-3-13-33-19)18-4-2-12-28(16-18)21-7-1-6-20-22(21)25(32)29(24(20)31)15-17-8-10-26-11-9-17/h1,3,5-11,13,18H,2,4,12,14-16H2,(H,27,30)/t18-/m1/s1. The van der Waals surface area contributed by atoms with Gasteiger partial charge in [-0.05, 0) is 54.1 Å². The van der Waals surface area contributed by atoms with Crippen LogP contribution in [0, 0.1) is 5.92 Å². The highest BCUT2D eigenvalue weighted by Gasteiger charge is 2.39. The third kappa shape index (κ3) is 4.26. The van der Waals surface area contributed by atoms with Crippen LogP contribution in [0.25, 0.3) is 0 Å². The maximum atomic E-state index is 13.3. The van der Waals surface area contributed by atoms with Gasteiger partial charge in [-0.2, -0.15) is 0 Å². The minimum atomic E-state index is -0.285. The first-order chi connectivity index (χ1) is 16.1. The first-order valence-electron chi connectivity index (χ1n) is 11.0. The Hall–Kier alpha value is -3.52. The van der Waals surface area contributed by atoms with Gasteiger partial charge in [-0.25, -0.2) is 0 Å². The monoisotopic (exact) mass is 460 g/mol. The summed E-state index contributed by atoms with van der Waals surface area (Å²) < 4.78 is 0. The first-order valence-corrected chi connectivity index (χ1v) is 11.9. The van der Waals surface area contributed by atoms with Gasteiger partial charge in [0.2, 0.25) is 5.91 Å². The Morgan fingerprint density at radius 1 is 1.09 bits per heavy atom. The van der Waals surface area contributed by atoms with Crippen LogP contribution in [0.3, 0.4) is 0 Å². The molecule has 8 heteroatoms. The van der Waals surface area contributed by atoms with E-state index in [1.165, 1.54) is 4.90 Å². The minimum absolute atomic E-state index is 0.0300. The predicted molar refractivity (Wildman–Crippen MR) is 126 cm³/mol. The summed E-state index contributed by atoms with van der Waals surface area (Å²) in [5.41, 5.74) is 2.45. The summed E-state index contributed by atoms with van der Waals surface area (Å²) in [6.45, 7) is 2.02. The number of carbonyl (C=O) groups is 3. The molecule has 2 aliphatic heterocycles. The third-order valence-corrected chi connectivity index (χ3v) is 7.09. The number of thiophene rings is 1. The van der Waals surface area contributed by atoms with Crippen molar-refractivity contribution < 1.29 is 14.4 Å². The predicted octanol–water partition coefficient (Wildman–Crippen LogP) is 3.47. The van der Waals surface area contributed by atoms with Crippen LogP contribution in [0.4, 0.5) is 5.69 Å². The van der Waals surface area contributed by atoms with E-state index in [9.17, 15) is 14.4 Å². The molecular formula is C25H24N4O3S. The second-order valence-electron chi connectivity index (χ2n) is 8.33. The number of piperidine rings is 1. The van der Waals surface area contributed by atoms with Gasteiger partial charge in [0.05, 0.1) is 35.8 Å². The number of carbonyl (C=O) groups excluding carboxylic acids is 3. The molecule has 2 aromatic heterocycles. The molecule has 0 radical (unpaired) electrons. The molecule has 1 aromatic carbocycles. The van der Waals surface area contributed by atoms with Crippen LogP contribution in [-0.2, 0) is 17.9 Å². The Morgan fingerprint density at radius 2 is 1.94 bits per heavy atom. The van der Waals surface area contributed by atoms with Crippen molar-refractivity contribution in [1.82, 2.24) is 15.2 Å². The van der Waals surface area contributed by atoms with E-state index in [-0.39, 0.29) is 30.2 Å². The molecule has 0 bridgehead atoms. The fourth-order valence-corrected chi connectivity index (χ4v) is 5.18. The summed E-state index contributed by atoms with van der Waals surface area (Å²) in [4.78, 5) is 47.6. The molecule has 2 aliphatic rings. The van der Waals surface area contributed by atoms with Crippen LogP contribution in [0.5, 0.6) is 0 Å². The zero-order chi connectivity index (χ0) is 22.8. The third-order valence-electron chi connectivity index (χ3n) is 6.22. The average molecular weight is 461 g/mol. The zero-order valence-corrected chi connectivity index (χ0v) is 18.9. The number of fused-ring (bicyclic) bond motifs is 1. The number of hydrogen-bond acceptors (Lipinski definition) is 6. The SMILES string of the molecule is O=C(NCc1cccs1)[C@@H]1CCCN(c2cccc3c2C(=O)N(Cc2ccncc2)C3=O)C1. The van der Waals surface area contributed by atoms with Gasteiger partial charge in [0, 0.05) is 30.4 Å². The van der Waals surface area contributed by atoms with E-state index in [0.717, 1.165) is 35.5 Å². The largest absolute Gasteiger partial charge is 0.370 e. The second kappa shape index (κ2) is 9.15. The lowest BCUT2D eigenvalue weighted by molar-refractivity contribution is -0.125. The van der Waals surface area contributed by atoms with Gasteiger partial charge >= 0.3 is 0 Å². The van der Waals surface area contributed by atoms with Gasteiger partial charge in [-0.1, -0.05) is 12.1 Å². The summed E-state index contributed by atoms with van der Waals surface area (Å²) in [5.74, 6) is -0.695. The van der Waals surface area contributed by atoms with Crippen LogP contribution in [0.1, 0.15) is 44.0 Å². The van der Waals surface area contributed by atoms with Crippen molar-refractivity contribution in [3.05, 3.63) is 81.8 Å². The van der Waals surface area contributed by atoms with Crippen molar-refractivity contribution in [2.75, 3.05) is 18.0 Å². The fourth-order valence-electron chi connectivity index (χ4n) is 4.54. The number of amides is 3. The molecule has 3 amide bonds. The second-order valence-corrected chi connectivity index (χ2v) is 9.37. The normalized spacial score (nSPS) is 17.9. The molecule has 0 spiro atoms. The lowest BCUT2D eigenvalue weighted by Crippen LogP contribution is -2.43. The van der Waals surface area contributed by atoms with Gasteiger partial charge in [0.15, 0.2) is 0 Å². The van der Waals surface area contributed by atoms with E-state index in [1.54, 1.807) is 41.9 Å². The molecule has 0 unspecified atom stereocenters. The van der Waals surface area contributed by atoms with Crippen molar-refractivity contribution >= 4 is 34.7 Å². The lowest BCUT2D eigenvalue weighted by Gasteiger charge is -2.34. The Balaban J connectivity index is 1.33. The summed E-state index contributed by atoms with van der Waals surface area (Å²) in [7, 11) is 0. The van der Waals surface area contributed by atoms with Crippen molar-refractivity contribution in [3.63, 3.8) is 0 Å². The topological polar surface area (TPSA) is 82.6 Å². The van der Waals surface area contributed by atoms with Crippen molar-refractivity contribution in [1.29, 1.82) is 0 Å². The molecule has 1 saturated heterocycles. The van der Waals surface area contributed by atoms with Crippen molar-refractivity contribution in [2.45, 2.75) is 25.9 Å².